The number of benzene rings is 1. The molecule has 23 heavy (non-hydrogen) atoms. The van der Waals surface area contributed by atoms with Gasteiger partial charge in [0.15, 0.2) is 0 Å². The van der Waals surface area contributed by atoms with Gasteiger partial charge in [-0.05, 0) is 37.6 Å². The van der Waals surface area contributed by atoms with Gasteiger partial charge in [0.25, 0.3) is 0 Å². The van der Waals surface area contributed by atoms with Crippen LogP contribution in [0.25, 0.3) is 0 Å². The summed E-state index contributed by atoms with van der Waals surface area (Å²) in [7, 11) is 2.15. The monoisotopic (exact) mass is 330 g/mol. The van der Waals surface area contributed by atoms with Crippen LogP contribution in [-0.4, -0.2) is 44.2 Å². The molecule has 5 heteroatoms. The van der Waals surface area contributed by atoms with E-state index >= 15 is 0 Å². The number of ether oxygens (including phenoxy) is 1. The van der Waals surface area contributed by atoms with Gasteiger partial charge in [-0.2, -0.15) is 0 Å². The summed E-state index contributed by atoms with van der Waals surface area (Å²) >= 11 is 1.77. The molecule has 1 unspecified atom stereocenters. The van der Waals surface area contributed by atoms with Gasteiger partial charge < -0.3 is 14.5 Å². The number of para-hydroxylation sites is 1. The van der Waals surface area contributed by atoms with E-state index in [0.717, 1.165) is 25.3 Å². The summed E-state index contributed by atoms with van der Waals surface area (Å²) in [5, 5.41) is 2.11. The fourth-order valence-electron chi connectivity index (χ4n) is 3.04. The first-order valence-electron chi connectivity index (χ1n) is 7.95. The molecule has 1 aliphatic rings. The molecule has 1 fully saturated rings. The fourth-order valence-corrected chi connectivity index (χ4v) is 3.87. The van der Waals surface area contributed by atoms with Crippen molar-refractivity contribution in [1.82, 2.24) is 4.90 Å². The van der Waals surface area contributed by atoms with Crippen LogP contribution in [0.2, 0.25) is 0 Å². The number of likely N-dealkylation sites (N-methyl/N-ethyl adjacent to an activating group) is 1. The second-order valence-electron chi connectivity index (χ2n) is 5.72. The van der Waals surface area contributed by atoms with E-state index in [1.807, 2.05) is 31.2 Å². The van der Waals surface area contributed by atoms with E-state index < -0.39 is 0 Å². The van der Waals surface area contributed by atoms with Crippen LogP contribution >= 0.6 is 11.3 Å². The van der Waals surface area contributed by atoms with E-state index in [2.05, 4.69) is 34.4 Å². The van der Waals surface area contributed by atoms with Crippen LogP contribution in [0.3, 0.4) is 0 Å². The standard InChI is InChI=1S/C18H22N2O2S/c1-3-22-18(21)14-7-4-5-8-15(14)20-11-10-19(2)13-16(20)17-9-6-12-23-17/h4-9,12,16H,3,10-11,13H2,1-2H3. The van der Waals surface area contributed by atoms with E-state index in [9.17, 15) is 4.79 Å². The first kappa shape index (κ1) is 16.0. The SMILES string of the molecule is CCOC(=O)c1ccccc1N1CCN(C)CC1c1cccs1. The average molecular weight is 330 g/mol. The van der Waals surface area contributed by atoms with Crippen LogP contribution in [-0.2, 0) is 4.74 Å². The van der Waals surface area contributed by atoms with Crippen molar-refractivity contribution in [1.29, 1.82) is 0 Å². The number of hydrogen-bond acceptors (Lipinski definition) is 5. The van der Waals surface area contributed by atoms with Gasteiger partial charge in [-0.3, -0.25) is 0 Å². The maximum absolute atomic E-state index is 12.3. The zero-order valence-electron chi connectivity index (χ0n) is 13.6. The van der Waals surface area contributed by atoms with Crippen molar-refractivity contribution in [3.63, 3.8) is 0 Å². The van der Waals surface area contributed by atoms with Crippen LogP contribution < -0.4 is 4.90 Å². The van der Waals surface area contributed by atoms with Gasteiger partial charge >= 0.3 is 5.97 Å². The molecule has 0 N–H and O–H groups in total. The maximum atomic E-state index is 12.3. The lowest BCUT2D eigenvalue weighted by molar-refractivity contribution is 0.0526. The van der Waals surface area contributed by atoms with Crippen molar-refractivity contribution in [2.24, 2.45) is 0 Å². The first-order valence-corrected chi connectivity index (χ1v) is 8.83. The first-order chi connectivity index (χ1) is 11.2. The van der Waals surface area contributed by atoms with Crippen molar-refractivity contribution in [2.75, 3.05) is 38.2 Å². The quantitative estimate of drug-likeness (QED) is 0.804. The minimum atomic E-state index is -0.244. The van der Waals surface area contributed by atoms with Gasteiger partial charge in [-0.25, -0.2) is 4.79 Å². The zero-order valence-corrected chi connectivity index (χ0v) is 14.4. The highest BCUT2D eigenvalue weighted by Gasteiger charge is 2.30. The molecule has 0 saturated carbocycles. The minimum Gasteiger partial charge on any atom is -0.462 e. The highest BCUT2D eigenvalue weighted by Crippen LogP contribution is 2.34. The zero-order chi connectivity index (χ0) is 16.2. The Balaban J connectivity index is 1.97. The molecule has 2 aromatic rings. The molecule has 2 heterocycles. The molecule has 1 saturated heterocycles. The van der Waals surface area contributed by atoms with Crippen molar-refractivity contribution < 1.29 is 9.53 Å². The molecule has 1 atom stereocenters. The van der Waals surface area contributed by atoms with Crippen LogP contribution in [0.1, 0.15) is 28.2 Å². The third kappa shape index (κ3) is 3.41. The summed E-state index contributed by atoms with van der Waals surface area (Å²) in [5.74, 6) is -0.244. The number of rotatable bonds is 4. The van der Waals surface area contributed by atoms with Gasteiger partial charge in [0.1, 0.15) is 0 Å². The third-order valence-corrected chi connectivity index (χ3v) is 5.14. The topological polar surface area (TPSA) is 32.8 Å². The molecule has 1 aliphatic heterocycles. The van der Waals surface area contributed by atoms with Gasteiger partial charge in [-0.15, -0.1) is 11.3 Å². The van der Waals surface area contributed by atoms with Crippen molar-refractivity contribution in [2.45, 2.75) is 13.0 Å². The van der Waals surface area contributed by atoms with E-state index in [4.69, 9.17) is 4.74 Å². The van der Waals surface area contributed by atoms with Gasteiger partial charge in [-0.1, -0.05) is 18.2 Å². The minimum absolute atomic E-state index is 0.244. The summed E-state index contributed by atoms with van der Waals surface area (Å²) in [5.41, 5.74) is 1.62. The van der Waals surface area contributed by atoms with E-state index in [1.165, 1.54) is 4.88 Å². The number of carbonyl (C=O) groups is 1. The lowest BCUT2D eigenvalue weighted by Crippen LogP contribution is -2.47. The van der Waals surface area contributed by atoms with Crippen LogP contribution in [0.4, 0.5) is 5.69 Å². The molecule has 122 valence electrons. The number of hydrogen-bond donors (Lipinski definition) is 0. The third-order valence-electron chi connectivity index (χ3n) is 4.16. The summed E-state index contributed by atoms with van der Waals surface area (Å²) in [4.78, 5) is 18.3. The number of anilines is 1. The Labute approximate surface area is 141 Å². The largest absolute Gasteiger partial charge is 0.462 e. The number of piperazine rings is 1. The lowest BCUT2D eigenvalue weighted by Gasteiger charge is -2.41. The number of thiophene rings is 1. The smallest absolute Gasteiger partial charge is 0.340 e. The summed E-state index contributed by atoms with van der Waals surface area (Å²) < 4.78 is 5.23. The van der Waals surface area contributed by atoms with Crippen LogP contribution in [0.15, 0.2) is 41.8 Å². The number of esters is 1. The predicted octanol–water partition coefficient (Wildman–Crippen LogP) is 3.42. The van der Waals surface area contributed by atoms with Crippen LogP contribution in [0.5, 0.6) is 0 Å². The number of nitrogens with zero attached hydrogens (tertiary/aromatic N) is 2. The van der Waals surface area contributed by atoms with Crippen molar-refractivity contribution in [3.05, 3.63) is 52.2 Å². The molecular weight excluding hydrogens is 308 g/mol. The lowest BCUT2D eigenvalue weighted by atomic mass is 10.1. The highest BCUT2D eigenvalue weighted by molar-refractivity contribution is 7.10. The molecule has 1 aromatic carbocycles. The molecule has 0 radical (unpaired) electrons. The second-order valence-corrected chi connectivity index (χ2v) is 6.70. The molecule has 3 rings (SSSR count). The summed E-state index contributed by atoms with van der Waals surface area (Å²) in [6.45, 7) is 5.07. The van der Waals surface area contributed by atoms with Crippen molar-refractivity contribution >= 4 is 23.0 Å². The molecule has 1 aromatic heterocycles. The van der Waals surface area contributed by atoms with E-state index in [0.29, 0.717) is 12.2 Å². The maximum Gasteiger partial charge on any atom is 0.340 e. The summed E-state index contributed by atoms with van der Waals surface area (Å²) in [6.07, 6.45) is 0. The normalized spacial score (nSPS) is 18.9. The number of carbonyl (C=O) groups excluding carboxylic acids is 1. The second kappa shape index (κ2) is 7.15. The highest BCUT2D eigenvalue weighted by atomic mass is 32.1. The predicted molar refractivity (Wildman–Crippen MR) is 94.3 cm³/mol. The molecular formula is C18H22N2O2S. The van der Waals surface area contributed by atoms with Crippen molar-refractivity contribution in [3.8, 4) is 0 Å². The Bertz CT molecular complexity index is 657. The van der Waals surface area contributed by atoms with Gasteiger partial charge in [0.05, 0.1) is 23.9 Å². The van der Waals surface area contributed by atoms with E-state index in [1.54, 1.807) is 11.3 Å². The van der Waals surface area contributed by atoms with Crippen LogP contribution in [0, 0.1) is 0 Å². The molecule has 0 spiro atoms. The molecule has 0 amide bonds. The van der Waals surface area contributed by atoms with E-state index in [-0.39, 0.29) is 12.0 Å². The van der Waals surface area contributed by atoms with Gasteiger partial charge in [0, 0.05) is 24.5 Å². The van der Waals surface area contributed by atoms with Gasteiger partial charge in [0.2, 0.25) is 0 Å². The average Bonchev–Trinajstić information content (AvgIpc) is 3.09. The Kier molecular flexibility index (Phi) is 4.98. The molecule has 0 aliphatic carbocycles. The summed E-state index contributed by atoms with van der Waals surface area (Å²) in [6, 6.07) is 12.3. The fraction of sp³-hybridized carbons (Fsp3) is 0.389. The Hall–Kier alpha value is -1.85. The Morgan fingerprint density at radius 3 is 2.83 bits per heavy atom. The molecule has 4 nitrogen and oxygen atoms in total. The Morgan fingerprint density at radius 1 is 1.26 bits per heavy atom. The molecule has 0 bridgehead atoms. The Morgan fingerprint density at radius 2 is 2.09 bits per heavy atom.